The fraction of sp³-hybridized carbons (Fsp3) is 0.467. The molecule has 2 heteroatoms. The molecule has 0 aromatic heterocycles. The number of rotatable bonds is 4. The van der Waals surface area contributed by atoms with Crippen LogP contribution in [0.4, 0.5) is 0 Å². The molecule has 2 nitrogen and oxygen atoms in total. The fourth-order valence-corrected chi connectivity index (χ4v) is 2.56. The molecule has 0 bridgehead atoms. The second-order valence-electron chi connectivity index (χ2n) is 4.68. The minimum atomic E-state index is 0.457. The standard InChI is InChI=1S/C15H22N2/c1-3-10-17-12-15(16-11-14(17)4-2)13-8-6-5-7-9-13/h3,5-9,14-16H,1,4,10-12H2,2H3. The van der Waals surface area contributed by atoms with Gasteiger partial charge in [-0.2, -0.15) is 0 Å². The zero-order valence-corrected chi connectivity index (χ0v) is 10.6. The topological polar surface area (TPSA) is 15.3 Å². The van der Waals surface area contributed by atoms with Crippen LogP contribution in [-0.2, 0) is 0 Å². The van der Waals surface area contributed by atoms with Gasteiger partial charge in [-0.1, -0.05) is 43.3 Å². The molecule has 0 aliphatic carbocycles. The van der Waals surface area contributed by atoms with Crippen LogP contribution in [-0.4, -0.2) is 30.6 Å². The van der Waals surface area contributed by atoms with Gasteiger partial charge in [0.05, 0.1) is 0 Å². The van der Waals surface area contributed by atoms with Gasteiger partial charge < -0.3 is 5.32 Å². The molecule has 0 saturated carbocycles. The molecule has 0 radical (unpaired) electrons. The van der Waals surface area contributed by atoms with E-state index < -0.39 is 0 Å². The Kier molecular flexibility index (Phi) is 4.35. The second kappa shape index (κ2) is 5.99. The summed E-state index contributed by atoms with van der Waals surface area (Å²) >= 11 is 0. The van der Waals surface area contributed by atoms with Crippen LogP contribution in [0.1, 0.15) is 24.9 Å². The lowest BCUT2D eigenvalue weighted by Crippen LogP contribution is -2.52. The molecule has 1 N–H and O–H groups in total. The molecule has 1 aromatic carbocycles. The monoisotopic (exact) mass is 230 g/mol. The molecule has 2 unspecified atom stereocenters. The lowest BCUT2D eigenvalue weighted by Gasteiger charge is -2.39. The first-order valence-electron chi connectivity index (χ1n) is 6.48. The van der Waals surface area contributed by atoms with Crippen LogP contribution in [0.2, 0.25) is 0 Å². The summed E-state index contributed by atoms with van der Waals surface area (Å²) in [7, 11) is 0. The normalized spacial score (nSPS) is 25.7. The predicted octanol–water partition coefficient (Wildman–Crippen LogP) is 2.60. The van der Waals surface area contributed by atoms with E-state index in [4.69, 9.17) is 0 Å². The Morgan fingerprint density at radius 2 is 2.18 bits per heavy atom. The van der Waals surface area contributed by atoms with Crippen molar-refractivity contribution in [1.82, 2.24) is 10.2 Å². The van der Waals surface area contributed by atoms with Crippen LogP contribution in [0.5, 0.6) is 0 Å². The van der Waals surface area contributed by atoms with Crippen LogP contribution in [0, 0.1) is 0 Å². The van der Waals surface area contributed by atoms with E-state index in [0.717, 1.165) is 19.6 Å². The Morgan fingerprint density at radius 1 is 1.41 bits per heavy atom. The third-order valence-corrected chi connectivity index (χ3v) is 3.57. The molecule has 92 valence electrons. The van der Waals surface area contributed by atoms with Crippen molar-refractivity contribution in [1.29, 1.82) is 0 Å². The smallest absolute Gasteiger partial charge is 0.0450 e. The average Bonchev–Trinajstić information content (AvgIpc) is 2.40. The zero-order valence-electron chi connectivity index (χ0n) is 10.6. The number of hydrogen-bond acceptors (Lipinski definition) is 2. The molecule has 1 aliphatic heterocycles. The van der Waals surface area contributed by atoms with Crippen molar-refractivity contribution in [3.05, 3.63) is 48.6 Å². The molecule has 1 fully saturated rings. The Hall–Kier alpha value is -1.12. The van der Waals surface area contributed by atoms with Crippen molar-refractivity contribution in [2.24, 2.45) is 0 Å². The summed E-state index contributed by atoms with van der Waals surface area (Å²) < 4.78 is 0. The summed E-state index contributed by atoms with van der Waals surface area (Å²) in [5.74, 6) is 0. The first-order chi connectivity index (χ1) is 8.35. The highest BCUT2D eigenvalue weighted by atomic mass is 15.2. The quantitative estimate of drug-likeness (QED) is 0.800. The number of hydrogen-bond donors (Lipinski definition) is 1. The molecular weight excluding hydrogens is 208 g/mol. The number of benzene rings is 1. The van der Waals surface area contributed by atoms with Crippen LogP contribution in [0.25, 0.3) is 0 Å². The van der Waals surface area contributed by atoms with Crippen LogP contribution in [0.3, 0.4) is 0 Å². The molecule has 2 rings (SSSR count). The van der Waals surface area contributed by atoms with E-state index in [0.29, 0.717) is 12.1 Å². The van der Waals surface area contributed by atoms with E-state index in [9.17, 15) is 0 Å². The van der Waals surface area contributed by atoms with E-state index in [-0.39, 0.29) is 0 Å². The van der Waals surface area contributed by atoms with Crippen molar-refractivity contribution < 1.29 is 0 Å². The van der Waals surface area contributed by atoms with E-state index in [1.54, 1.807) is 0 Å². The van der Waals surface area contributed by atoms with Gasteiger partial charge in [-0.05, 0) is 12.0 Å². The lowest BCUT2D eigenvalue weighted by atomic mass is 10.0. The maximum atomic E-state index is 3.86. The molecular formula is C15H22N2. The van der Waals surface area contributed by atoms with Gasteiger partial charge >= 0.3 is 0 Å². The van der Waals surface area contributed by atoms with Crippen molar-refractivity contribution in [3.63, 3.8) is 0 Å². The Bertz CT molecular complexity index is 347. The van der Waals surface area contributed by atoms with E-state index in [1.807, 2.05) is 6.08 Å². The Labute approximate surface area is 104 Å². The molecule has 1 aromatic rings. The molecule has 1 aliphatic rings. The third kappa shape index (κ3) is 2.96. The summed E-state index contributed by atoms with van der Waals surface area (Å²) in [4.78, 5) is 2.53. The molecule has 2 atom stereocenters. The van der Waals surface area contributed by atoms with E-state index in [2.05, 4.69) is 54.1 Å². The summed E-state index contributed by atoms with van der Waals surface area (Å²) in [6, 6.07) is 11.8. The van der Waals surface area contributed by atoms with Gasteiger partial charge in [-0.25, -0.2) is 0 Å². The highest BCUT2D eigenvalue weighted by molar-refractivity contribution is 5.20. The number of nitrogens with one attached hydrogen (secondary N) is 1. The van der Waals surface area contributed by atoms with Gasteiger partial charge in [-0.15, -0.1) is 6.58 Å². The molecule has 1 heterocycles. The van der Waals surface area contributed by atoms with Crippen molar-refractivity contribution in [2.75, 3.05) is 19.6 Å². The highest BCUT2D eigenvalue weighted by Gasteiger charge is 2.26. The highest BCUT2D eigenvalue weighted by Crippen LogP contribution is 2.20. The van der Waals surface area contributed by atoms with Gasteiger partial charge in [0.1, 0.15) is 0 Å². The summed E-state index contributed by atoms with van der Waals surface area (Å²) in [5.41, 5.74) is 1.39. The van der Waals surface area contributed by atoms with Gasteiger partial charge in [0, 0.05) is 31.7 Å². The van der Waals surface area contributed by atoms with E-state index in [1.165, 1.54) is 12.0 Å². The van der Waals surface area contributed by atoms with Crippen LogP contribution >= 0.6 is 0 Å². The molecule has 1 saturated heterocycles. The van der Waals surface area contributed by atoms with Gasteiger partial charge in [0.25, 0.3) is 0 Å². The van der Waals surface area contributed by atoms with Crippen molar-refractivity contribution >= 4 is 0 Å². The maximum Gasteiger partial charge on any atom is 0.0450 e. The molecule has 0 amide bonds. The van der Waals surface area contributed by atoms with E-state index >= 15 is 0 Å². The van der Waals surface area contributed by atoms with Crippen molar-refractivity contribution in [3.8, 4) is 0 Å². The van der Waals surface area contributed by atoms with Gasteiger partial charge in [-0.3, -0.25) is 4.90 Å². The summed E-state index contributed by atoms with van der Waals surface area (Å²) in [5, 5.41) is 3.65. The van der Waals surface area contributed by atoms with Crippen molar-refractivity contribution in [2.45, 2.75) is 25.4 Å². The summed E-state index contributed by atoms with van der Waals surface area (Å²) in [6.07, 6.45) is 3.21. The zero-order chi connectivity index (χ0) is 12.1. The van der Waals surface area contributed by atoms with Crippen LogP contribution < -0.4 is 5.32 Å². The number of piperazine rings is 1. The Balaban J connectivity index is 2.05. The second-order valence-corrected chi connectivity index (χ2v) is 4.68. The summed E-state index contributed by atoms with van der Waals surface area (Å²) in [6.45, 7) is 9.26. The first kappa shape index (κ1) is 12.3. The third-order valence-electron chi connectivity index (χ3n) is 3.57. The fourth-order valence-electron chi connectivity index (χ4n) is 2.56. The van der Waals surface area contributed by atoms with Crippen LogP contribution in [0.15, 0.2) is 43.0 Å². The average molecular weight is 230 g/mol. The van der Waals surface area contributed by atoms with Gasteiger partial charge in [0.2, 0.25) is 0 Å². The molecule has 17 heavy (non-hydrogen) atoms. The predicted molar refractivity (Wildman–Crippen MR) is 73.0 cm³/mol. The largest absolute Gasteiger partial charge is 0.307 e. The minimum Gasteiger partial charge on any atom is -0.307 e. The molecule has 0 spiro atoms. The lowest BCUT2D eigenvalue weighted by molar-refractivity contribution is 0.141. The first-order valence-corrected chi connectivity index (χ1v) is 6.48. The Morgan fingerprint density at radius 3 is 2.82 bits per heavy atom. The maximum absolute atomic E-state index is 3.86. The van der Waals surface area contributed by atoms with Gasteiger partial charge in [0.15, 0.2) is 0 Å². The number of nitrogens with zero attached hydrogens (tertiary/aromatic N) is 1. The SMILES string of the molecule is C=CCN1CC(c2ccccc2)NCC1CC. The minimum absolute atomic E-state index is 0.457.